The highest BCUT2D eigenvalue weighted by atomic mass is 32.1. The summed E-state index contributed by atoms with van der Waals surface area (Å²) in [5.74, 6) is -0.00644. The second kappa shape index (κ2) is 29.5. The molecule has 0 amide bonds. The van der Waals surface area contributed by atoms with Crippen LogP contribution >= 0.6 is 12.2 Å². The maximum Gasteiger partial charge on any atom is 0.305 e. The van der Waals surface area contributed by atoms with E-state index in [9.17, 15) is 4.79 Å². The third kappa shape index (κ3) is 27.7. The van der Waals surface area contributed by atoms with E-state index < -0.39 is 0 Å². The van der Waals surface area contributed by atoms with Gasteiger partial charge in [0.1, 0.15) is 0 Å². The zero-order valence-electron chi connectivity index (χ0n) is 23.6. The zero-order valence-corrected chi connectivity index (χ0v) is 24.5. The fraction of sp³-hybridized carbons (Fsp3) is 0.935. The Morgan fingerprint density at radius 2 is 1.03 bits per heavy atom. The second-order valence-electron chi connectivity index (χ2n) is 10.5. The van der Waals surface area contributed by atoms with Crippen molar-refractivity contribution in [1.82, 2.24) is 0 Å². The molecule has 0 aromatic rings. The molecule has 0 aromatic heterocycles. The number of esters is 1. The number of rotatable bonds is 28. The van der Waals surface area contributed by atoms with Crippen LogP contribution < -0.4 is 0 Å². The molecule has 0 bridgehead atoms. The summed E-state index contributed by atoms with van der Waals surface area (Å²) >= 11 is 4.88. The smallest absolute Gasteiger partial charge is 0.305 e. The summed E-state index contributed by atoms with van der Waals surface area (Å²) in [6.07, 6.45) is 31.1. The lowest BCUT2D eigenvalue weighted by molar-refractivity contribution is -0.143. The summed E-state index contributed by atoms with van der Waals surface area (Å²) in [6, 6.07) is 0.388. The summed E-state index contributed by atoms with van der Waals surface area (Å²) in [4.78, 5) is 16.2. The fourth-order valence-corrected chi connectivity index (χ4v) is 4.86. The van der Waals surface area contributed by atoms with Gasteiger partial charge in [0, 0.05) is 6.42 Å². The van der Waals surface area contributed by atoms with Gasteiger partial charge in [0.15, 0.2) is 0 Å². The van der Waals surface area contributed by atoms with Crippen molar-refractivity contribution >= 4 is 23.3 Å². The van der Waals surface area contributed by atoms with Gasteiger partial charge in [-0.1, -0.05) is 142 Å². The molecule has 0 N–H and O–H groups in total. The van der Waals surface area contributed by atoms with Crippen molar-refractivity contribution in [1.29, 1.82) is 0 Å². The summed E-state index contributed by atoms with van der Waals surface area (Å²) in [5, 5.41) is 2.63. The molecule has 0 aliphatic rings. The van der Waals surface area contributed by atoms with Crippen molar-refractivity contribution in [3.05, 3.63) is 0 Å². The van der Waals surface area contributed by atoms with E-state index in [1.807, 2.05) is 0 Å². The molecule has 35 heavy (non-hydrogen) atoms. The van der Waals surface area contributed by atoms with Crippen LogP contribution in [0.25, 0.3) is 0 Å². The number of thiocarbonyl (C=S) groups is 1. The lowest BCUT2D eigenvalue weighted by Gasteiger charge is -2.11. The molecule has 0 radical (unpaired) electrons. The van der Waals surface area contributed by atoms with Crippen LogP contribution in [0.4, 0.5) is 0 Å². The quantitative estimate of drug-likeness (QED) is 0.0455. The molecule has 206 valence electrons. The Labute approximate surface area is 224 Å². The lowest BCUT2D eigenvalue weighted by atomic mass is 10.00. The van der Waals surface area contributed by atoms with Gasteiger partial charge >= 0.3 is 5.97 Å². The fourth-order valence-electron chi connectivity index (χ4n) is 4.71. The second-order valence-corrected chi connectivity index (χ2v) is 10.7. The Hall–Kier alpha value is -0.730. The number of nitrogens with zero attached hydrogens (tertiary/aromatic N) is 1. The van der Waals surface area contributed by atoms with Gasteiger partial charge in [-0.05, 0) is 37.9 Å². The minimum Gasteiger partial charge on any atom is -0.466 e. The first-order valence-electron chi connectivity index (χ1n) is 15.5. The van der Waals surface area contributed by atoms with Gasteiger partial charge in [-0.25, -0.2) is 4.99 Å². The van der Waals surface area contributed by atoms with E-state index in [0.29, 0.717) is 19.1 Å². The highest BCUT2D eigenvalue weighted by Gasteiger charge is 2.07. The van der Waals surface area contributed by atoms with Crippen molar-refractivity contribution in [3.63, 3.8) is 0 Å². The monoisotopic (exact) mass is 509 g/mol. The molecular weight excluding hydrogens is 450 g/mol. The number of hydrogen-bond donors (Lipinski definition) is 0. The van der Waals surface area contributed by atoms with Crippen molar-refractivity contribution in [3.8, 4) is 0 Å². The van der Waals surface area contributed by atoms with Crippen molar-refractivity contribution in [2.24, 2.45) is 4.99 Å². The predicted molar refractivity (Wildman–Crippen MR) is 157 cm³/mol. The molecule has 0 spiro atoms. The third-order valence-electron chi connectivity index (χ3n) is 7.06. The van der Waals surface area contributed by atoms with E-state index in [2.05, 4.69) is 24.0 Å². The van der Waals surface area contributed by atoms with Crippen LogP contribution in [-0.4, -0.2) is 23.8 Å². The van der Waals surface area contributed by atoms with Gasteiger partial charge in [-0.2, -0.15) is 0 Å². The number of aliphatic imine (C=N–C) groups is 1. The van der Waals surface area contributed by atoms with Gasteiger partial charge in [-0.3, -0.25) is 4.79 Å². The molecule has 0 aromatic carbocycles. The largest absolute Gasteiger partial charge is 0.466 e. The summed E-state index contributed by atoms with van der Waals surface area (Å²) in [5.41, 5.74) is 0. The first kappa shape index (κ1) is 34.3. The Morgan fingerprint density at radius 3 is 1.49 bits per heavy atom. The van der Waals surface area contributed by atoms with Crippen molar-refractivity contribution < 1.29 is 9.53 Å². The number of carbonyl (C=O) groups excluding carboxylic acids is 1. The molecule has 0 saturated heterocycles. The Kier molecular flexibility index (Phi) is 28.9. The molecule has 1 atom stereocenters. The van der Waals surface area contributed by atoms with Crippen LogP contribution in [0, 0.1) is 0 Å². The normalized spacial score (nSPS) is 11.8. The SMILES string of the molecule is CCCCCCCCCCCCC(CCCCCCCCCC(=O)OCCCCCCC)N=C=S. The number of hydrogen-bond acceptors (Lipinski definition) is 4. The van der Waals surface area contributed by atoms with Gasteiger partial charge in [0.25, 0.3) is 0 Å². The maximum atomic E-state index is 11.8. The van der Waals surface area contributed by atoms with E-state index in [-0.39, 0.29) is 5.97 Å². The molecule has 3 nitrogen and oxygen atoms in total. The Bertz CT molecular complexity index is 490. The third-order valence-corrected chi connectivity index (χ3v) is 7.16. The zero-order chi connectivity index (χ0) is 25.7. The van der Waals surface area contributed by atoms with E-state index in [1.54, 1.807) is 0 Å². The van der Waals surface area contributed by atoms with Crippen LogP contribution in [0.1, 0.15) is 174 Å². The van der Waals surface area contributed by atoms with Crippen LogP contribution in [-0.2, 0) is 9.53 Å². The van der Waals surface area contributed by atoms with Crippen LogP contribution in [0.2, 0.25) is 0 Å². The summed E-state index contributed by atoms with van der Waals surface area (Å²) < 4.78 is 5.33. The number of unbranched alkanes of at least 4 members (excludes halogenated alkanes) is 19. The van der Waals surface area contributed by atoms with Gasteiger partial charge in [0.05, 0.1) is 17.8 Å². The maximum absolute atomic E-state index is 11.8. The molecular formula is C31H59NO2S. The molecule has 1 unspecified atom stereocenters. The topological polar surface area (TPSA) is 38.7 Å². The molecule has 0 aliphatic carbocycles. The molecule has 0 aliphatic heterocycles. The lowest BCUT2D eigenvalue weighted by Crippen LogP contribution is -2.05. The Morgan fingerprint density at radius 1 is 0.629 bits per heavy atom. The molecule has 0 heterocycles. The number of carbonyl (C=O) groups is 1. The van der Waals surface area contributed by atoms with Crippen LogP contribution in [0.5, 0.6) is 0 Å². The first-order chi connectivity index (χ1) is 17.2. The summed E-state index contributed by atoms with van der Waals surface area (Å²) in [7, 11) is 0. The van der Waals surface area contributed by atoms with E-state index in [0.717, 1.165) is 25.7 Å². The van der Waals surface area contributed by atoms with Crippen LogP contribution in [0.3, 0.4) is 0 Å². The van der Waals surface area contributed by atoms with E-state index in [1.165, 1.54) is 128 Å². The minimum atomic E-state index is -0.00644. The number of isothiocyanates is 1. The molecule has 0 rings (SSSR count). The van der Waals surface area contributed by atoms with Gasteiger partial charge in [0.2, 0.25) is 0 Å². The minimum absolute atomic E-state index is 0.00644. The Balaban J connectivity index is 3.48. The summed E-state index contributed by atoms with van der Waals surface area (Å²) in [6.45, 7) is 5.10. The average Bonchev–Trinajstić information content (AvgIpc) is 2.86. The van der Waals surface area contributed by atoms with Crippen LogP contribution in [0.15, 0.2) is 4.99 Å². The van der Waals surface area contributed by atoms with Gasteiger partial charge in [-0.15, -0.1) is 0 Å². The molecule has 0 saturated carbocycles. The molecule has 4 heteroatoms. The standard InChI is InChI=1S/C31H59NO2S/c1-3-5-7-9-10-11-12-14-17-21-25-30(32-29-35)26-22-18-15-13-16-19-23-27-31(33)34-28-24-20-8-6-4-2/h30H,3-28H2,1-2H3. The first-order valence-corrected chi connectivity index (χ1v) is 15.9. The van der Waals surface area contributed by atoms with Crippen molar-refractivity contribution in [2.75, 3.05) is 6.61 Å². The highest BCUT2D eigenvalue weighted by Crippen LogP contribution is 2.17. The van der Waals surface area contributed by atoms with E-state index >= 15 is 0 Å². The van der Waals surface area contributed by atoms with Gasteiger partial charge < -0.3 is 4.74 Å². The van der Waals surface area contributed by atoms with Crippen molar-refractivity contribution in [2.45, 2.75) is 180 Å². The highest BCUT2D eigenvalue weighted by molar-refractivity contribution is 7.78. The number of ether oxygens (including phenoxy) is 1. The predicted octanol–water partition coefficient (Wildman–Crippen LogP) is 10.8. The molecule has 0 fully saturated rings. The van der Waals surface area contributed by atoms with E-state index in [4.69, 9.17) is 17.0 Å². The average molecular weight is 510 g/mol.